The number of aliphatic hydroxyl groups is 2. The first-order valence-corrected chi connectivity index (χ1v) is 5.17. The van der Waals surface area contributed by atoms with E-state index in [0.29, 0.717) is 0 Å². The number of ether oxygens (including phenoxy) is 3. The summed E-state index contributed by atoms with van der Waals surface area (Å²) in [5.74, 6) is 0. The minimum Gasteiger partial charge on any atom is -0.388 e. The molecule has 2 N–H and O–H groups in total. The van der Waals surface area contributed by atoms with Crippen molar-refractivity contribution in [1.82, 2.24) is 0 Å². The van der Waals surface area contributed by atoms with E-state index >= 15 is 0 Å². The van der Waals surface area contributed by atoms with Crippen LogP contribution in [0.5, 0.6) is 0 Å². The van der Waals surface area contributed by atoms with E-state index in [2.05, 4.69) is 0 Å². The molecule has 5 unspecified atom stereocenters. The molecule has 0 saturated carbocycles. The molecule has 1 aliphatic heterocycles. The Morgan fingerprint density at radius 2 is 1.80 bits per heavy atom. The molecule has 0 aromatic rings. The minimum absolute atomic E-state index is 0.0257. The van der Waals surface area contributed by atoms with E-state index in [1.54, 1.807) is 6.92 Å². The lowest BCUT2D eigenvalue weighted by atomic mass is 10.00. The molecule has 1 fully saturated rings. The summed E-state index contributed by atoms with van der Waals surface area (Å²) in [5.41, 5.74) is 0. The molecule has 0 aliphatic carbocycles. The average molecular weight is 220 g/mol. The predicted molar refractivity (Wildman–Crippen MR) is 53.4 cm³/mol. The Hall–Kier alpha value is -0.200. The zero-order valence-corrected chi connectivity index (χ0v) is 9.58. The largest absolute Gasteiger partial charge is 0.388 e. The first-order valence-electron chi connectivity index (χ1n) is 5.17. The van der Waals surface area contributed by atoms with E-state index in [9.17, 15) is 10.2 Å². The van der Waals surface area contributed by atoms with Gasteiger partial charge in [0.2, 0.25) is 0 Å². The molecular weight excluding hydrogens is 200 g/mol. The van der Waals surface area contributed by atoms with E-state index in [-0.39, 0.29) is 6.10 Å². The Balaban J connectivity index is 2.68. The highest BCUT2D eigenvalue weighted by Gasteiger charge is 2.43. The van der Waals surface area contributed by atoms with Crippen LogP contribution in [0.25, 0.3) is 0 Å². The molecule has 0 amide bonds. The van der Waals surface area contributed by atoms with Crippen molar-refractivity contribution in [3.05, 3.63) is 0 Å². The fraction of sp³-hybridized carbons (Fsp3) is 1.00. The van der Waals surface area contributed by atoms with E-state index < -0.39 is 30.7 Å². The molecule has 1 heterocycles. The second-order valence-corrected chi connectivity index (χ2v) is 4.08. The maximum absolute atomic E-state index is 9.76. The molecule has 5 atom stereocenters. The summed E-state index contributed by atoms with van der Waals surface area (Å²) in [7, 11) is 1.46. The second kappa shape index (κ2) is 5.23. The van der Waals surface area contributed by atoms with Crippen LogP contribution in [0, 0.1) is 0 Å². The van der Waals surface area contributed by atoms with Gasteiger partial charge in [-0.2, -0.15) is 0 Å². The molecule has 0 aromatic heterocycles. The predicted octanol–water partition coefficient (Wildman–Crippen LogP) is -0.107. The lowest BCUT2D eigenvalue weighted by molar-refractivity contribution is -0.305. The number of aliphatic hydroxyl groups excluding tert-OH is 2. The molecule has 1 rings (SSSR count). The molecule has 5 heteroatoms. The van der Waals surface area contributed by atoms with Crippen LogP contribution >= 0.6 is 0 Å². The topological polar surface area (TPSA) is 68.2 Å². The van der Waals surface area contributed by atoms with Gasteiger partial charge in [0.25, 0.3) is 0 Å². The van der Waals surface area contributed by atoms with Crippen LogP contribution in [-0.2, 0) is 14.2 Å². The van der Waals surface area contributed by atoms with Gasteiger partial charge in [-0.15, -0.1) is 0 Å². The third-order valence-corrected chi connectivity index (χ3v) is 2.46. The molecule has 5 nitrogen and oxygen atoms in total. The van der Waals surface area contributed by atoms with Crippen LogP contribution in [0.2, 0.25) is 0 Å². The zero-order valence-electron chi connectivity index (χ0n) is 9.58. The Morgan fingerprint density at radius 1 is 1.20 bits per heavy atom. The van der Waals surface area contributed by atoms with E-state index in [1.807, 2.05) is 13.8 Å². The van der Waals surface area contributed by atoms with E-state index in [0.717, 1.165) is 0 Å². The summed E-state index contributed by atoms with van der Waals surface area (Å²) in [6, 6.07) is 0. The van der Waals surface area contributed by atoms with Crippen LogP contribution in [0.4, 0.5) is 0 Å². The Morgan fingerprint density at radius 3 is 2.27 bits per heavy atom. The zero-order chi connectivity index (χ0) is 11.6. The quantitative estimate of drug-likeness (QED) is 0.694. The molecule has 1 saturated heterocycles. The lowest BCUT2D eigenvalue weighted by Crippen LogP contribution is -2.58. The van der Waals surface area contributed by atoms with Gasteiger partial charge >= 0.3 is 0 Å². The summed E-state index contributed by atoms with van der Waals surface area (Å²) in [6.45, 7) is 5.44. The summed E-state index contributed by atoms with van der Waals surface area (Å²) in [6.07, 6.45) is -3.70. The highest BCUT2D eigenvalue weighted by molar-refractivity contribution is 4.88. The monoisotopic (exact) mass is 220 g/mol. The van der Waals surface area contributed by atoms with Crippen molar-refractivity contribution in [3.63, 3.8) is 0 Å². The van der Waals surface area contributed by atoms with E-state index in [4.69, 9.17) is 14.2 Å². The Kier molecular flexibility index (Phi) is 4.48. The van der Waals surface area contributed by atoms with Gasteiger partial charge in [0.1, 0.15) is 18.3 Å². The minimum atomic E-state index is -0.984. The number of rotatable bonds is 3. The average Bonchev–Trinajstić information content (AvgIpc) is 2.14. The summed E-state index contributed by atoms with van der Waals surface area (Å²) in [4.78, 5) is 0. The molecular formula is C10H20O5. The van der Waals surface area contributed by atoms with Crippen molar-refractivity contribution in [1.29, 1.82) is 0 Å². The van der Waals surface area contributed by atoms with Gasteiger partial charge < -0.3 is 24.4 Å². The van der Waals surface area contributed by atoms with Crippen molar-refractivity contribution in [2.45, 2.75) is 57.6 Å². The van der Waals surface area contributed by atoms with Gasteiger partial charge in [0.05, 0.1) is 12.2 Å². The van der Waals surface area contributed by atoms with Crippen molar-refractivity contribution in [3.8, 4) is 0 Å². The van der Waals surface area contributed by atoms with Gasteiger partial charge in [-0.25, -0.2) is 0 Å². The maximum atomic E-state index is 9.76. The SMILES string of the molecule is COC1C(OC(C)C)OC(C)C(O)C1O. The van der Waals surface area contributed by atoms with Gasteiger partial charge in [-0.3, -0.25) is 0 Å². The highest BCUT2D eigenvalue weighted by atomic mass is 16.7. The summed E-state index contributed by atoms with van der Waals surface area (Å²) < 4.78 is 16.0. The van der Waals surface area contributed by atoms with Gasteiger partial charge in [0, 0.05) is 7.11 Å². The number of hydrogen-bond acceptors (Lipinski definition) is 5. The van der Waals surface area contributed by atoms with Crippen molar-refractivity contribution in [2.75, 3.05) is 7.11 Å². The summed E-state index contributed by atoms with van der Waals surface area (Å²) >= 11 is 0. The molecule has 0 aromatic carbocycles. The van der Waals surface area contributed by atoms with E-state index in [1.165, 1.54) is 7.11 Å². The van der Waals surface area contributed by atoms with Gasteiger partial charge in [-0.05, 0) is 20.8 Å². The molecule has 15 heavy (non-hydrogen) atoms. The molecule has 0 spiro atoms. The van der Waals surface area contributed by atoms with Crippen LogP contribution in [-0.4, -0.2) is 54.1 Å². The van der Waals surface area contributed by atoms with Crippen molar-refractivity contribution >= 4 is 0 Å². The van der Waals surface area contributed by atoms with Crippen LogP contribution in [0.15, 0.2) is 0 Å². The van der Waals surface area contributed by atoms with Crippen LogP contribution in [0.1, 0.15) is 20.8 Å². The van der Waals surface area contributed by atoms with Crippen molar-refractivity contribution < 1.29 is 24.4 Å². The molecule has 0 radical (unpaired) electrons. The number of methoxy groups -OCH3 is 1. The standard InChI is InChI=1S/C10H20O5/c1-5(2)14-10-9(13-4)8(12)7(11)6(3)15-10/h5-12H,1-4H3. The maximum Gasteiger partial charge on any atom is 0.187 e. The fourth-order valence-corrected chi connectivity index (χ4v) is 1.63. The molecule has 90 valence electrons. The summed E-state index contributed by atoms with van der Waals surface area (Å²) in [5, 5.41) is 19.3. The smallest absolute Gasteiger partial charge is 0.187 e. The van der Waals surface area contributed by atoms with Crippen molar-refractivity contribution in [2.24, 2.45) is 0 Å². The fourth-order valence-electron chi connectivity index (χ4n) is 1.63. The van der Waals surface area contributed by atoms with Gasteiger partial charge in [0.15, 0.2) is 6.29 Å². The number of hydrogen-bond donors (Lipinski definition) is 2. The lowest BCUT2D eigenvalue weighted by Gasteiger charge is -2.41. The Labute approximate surface area is 89.9 Å². The normalized spacial score (nSPS) is 42.2. The third-order valence-electron chi connectivity index (χ3n) is 2.46. The Bertz CT molecular complexity index is 196. The molecule has 1 aliphatic rings. The van der Waals surface area contributed by atoms with Crippen LogP contribution in [0.3, 0.4) is 0 Å². The first-order chi connectivity index (χ1) is 6.97. The van der Waals surface area contributed by atoms with Crippen LogP contribution < -0.4 is 0 Å². The third kappa shape index (κ3) is 2.89. The molecule has 0 bridgehead atoms. The second-order valence-electron chi connectivity index (χ2n) is 4.08. The highest BCUT2D eigenvalue weighted by Crippen LogP contribution is 2.24. The van der Waals surface area contributed by atoms with Gasteiger partial charge in [-0.1, -0.05) is 0 Å². The first kappa shape index (κ1) is 12.9.